The average Bonchev–Trinajstić information content (AvgIpc) is 1.85. The van der Waals surface area contributed by atoms with E-state index in [1.54, 1.807) is 0 Å². The second kappa shape index (κ2) is 4.79. The van der Waals surface area contributed by atoms with Gasteiger partial charge in [-0.3, -0.25) is 4.79 Å². The summed E-state index contributed by atoms with van der Waals surface area (Å²) in [5, 5.41) is 25.8. The summed E-state index contributed by atoms with van der Waals surface area (Å²) in [5.74, 6) is 0. The Kier molecular flexibility index (Phi) is 4.80. The summed E-state index contributed by atoms with van der Waals surface area (Å²) >= 11 is 2.58. The Balaban J connectivity index is 3.61. The average molecular weight is 213 g/mol. The van der Waals surface area contributed by atoms with Crippen molar-refractivity contribution in [1.82, 2.24) is 0 Å². The Bertz CT molecular complexity index is 116. The lowest BCUT2D eigenvalue weighted by molar-refractivity contribution is -0.114. The molecule has 0 spiro atoms. The van der Waals surface area contributed by atoms with Crippen molar-refractivity contribution in [2.75, 3.05) is 6.61 Å². The molecule has 0 aliphatic heterocycles. The molecule has 5 heteroatoms. The fourth-order valence-corrected chi connectivity index (χ4v) is 0.754. The van der Waals surface area contributed by atoms with Crippen LogP contribution in [-0.2, 0) is 4.79 Å². The lowest BCUT2D eigenvalue weighted by Crippen LogP contribution is -2.30. The van der Waals surface area contributed by atoms with Crippen LogP contribution in [0.25, 0.3) is 0 Å². The zero-order chi connectivity index (χ0) is 8.15. The lowest BCUT2D eigenvalue weighted by Gasteiger charge is -2.12. The summed E-state index contributed by atoms with van der Waals surface area (Å²) in [6.45, 7) is -0.540. The number of carbonyl (C=O) groups is 1. The van der Waals surface area contributed by atoms with Crippen molar-refractivity contribution in [3.05, 3.63) is 0 Å². The van der Waals surface area contributed by atoms with Gasteiger partial charge in [0, 0.05) is 6.42 Å². The molecule has 0 aromatic rings. The van der Waals surface area contributed by atoms with Crippen LogP contribution in [0.2, 0.25) is 0 Å². The van der Waals surface area contributed by atoms with Gasteiger partial charge < -0.3 is 15.3 Å². The molecule has 0 saturated heterocycles. The van der Waals surface area contributed by atoms with Crippen molar-refractivity contribution in [2.24, 2.45) is 0 Å². The SMILES string of the molecule is O=C(Br)CC(O)C(O)CO. The van der Waals surface area contributed by atoms with E-state index in [9.17, 15) is 4.79 Å². The van der Waals surface area contributed by atoms with Crippen LogP contribution >= 0.6 is 15.9 Å². The molecule has 0 heterocycles. The van der Waals surface area contributed by atoms with E-state index in [1.807, 2.05) is 0 Å². The molecule has 4 nitrogen and oxygen atoms in total. The van der Waals surface area contributed by atoms with Gasteiger partial charge >= 0.3 is 0 Å². The van der Waals surface area contributed by atoms with Crippen LogP contribution in [-0.4, -0.2) is 38.8 Å². The number of halogens is 1. The Morgan fingerprint density at radius 2 is 1.90 bits per heavy atom. The van der Waals surface area contributed by atoms with E-state index in [1.165, 1.54) is 0 Å². The molecule has 0 aliphatic carbocycles. The van der Waals surface area contributed by atoms with Crippen LogP contribution in [0.5, 0.6) is 0 Å². The fourth-order valence-electron chi connectivity index (χ4n) is 0.422. The fraction of sp³-hybridized carbons (Fsp3) is 0.800. The maximum Gasteiger partial charge on any atom is 0.200 e. The van der Waals surface area contributed by atoms with Gasteiger partial charge in [0.25, 0.3) is 0 Å². The highest BCUT2D eigenvalue weighted by Gasteiger charge is 2.16. The van der Waals surface area contributed by atoms with Crippen molar-refractivity contribution in [3.8, 4) is 0 Å². The van der Waals surface area contributed by atoms with Crippen LogP contribution in [0.1, 0.15) is 6.42 Å². The second-order valence-electron chi connectivity index (χ2n) is 1.88. The Labute approximate surface area is 66.6 Å². The maximum atomic E-state index is 10.2. The predicted molar refractivity (Wildman–Crippen MR) is 37.7 cm³/mol. The predicted octanol–water partition coefficient (Wildman–Crippen LogP) is -0.988. The second-order valence-corrected chi connectivity index (χ2v) is 2.76. The molecule has 2 unspecified atom stereocenters. The largest absolute Gasteiger partial charge is 0.394 e. The van der Waals surface area contributed by atoms with Gasteiger partial charge in [0.15, 0.2) is 4.69 Å². The van der Waals surface area contributed by atoms with Crippen LogP contribution < -0.4 is 0 Å². The van der Waals surface area contributed by atoms with Gasteiger partial charge in [-0.2, -0.15) is 0 Å². The minimum atomic E-state index is -1.23. The van der Waals surface area contributed by atoms with Gasteiger partial charge in [0.05, 0.1) is 12.7 Å². The zero-order valence-corrected chi connectivity index (χ0v) is 6.78. The Morgan fingerprint density at radius 1 is 1.40 bits per heavy atom. The van der Waals surface area contributed by atoms with Crippen molar-refractivity contribution in [3.63, 3.8) is 0 Å². The van der Waals surface area contributed by atoms with Crippen LogP contribution in [0, 0.1) is 0 Å². The summed E-state index contributed by atoms with van der Waals surface area (Å²) in [4.78, 5) is 10.2. The Morgan fingerprint density at radius 3 is 2.20 bits per heavy atom. The summed E-state index contributed by atoms with van der Waals surface area (Å²) < 4.78 is -0.396. The van der Waals surface area contributed by atoms with E-state index >= 15 is 0 Å². The van der Waals surface area contributed by atoms with Gasteiger partial charge in [-0.25, -0.2) is 0 Å². The summed E-state index contributed by atoms with van der Waals surface area (Å²) in [5.41, 5.74) is 0. The summed E-state index contributed by atoms with van der Waals surface area (Å²) in [6.07, 6.45) is -2.61. The standard InChI is InChI=1S/C5H9BrO4/c6-5(10)1-3(8)4(9)2-7/h3-4,7-9H,1-2H2. The van der Waals surface area contributed by atoms with Gasteiger partial charge in [-0.15, -0.1) is 0 Å². The number of hydrogen-bond donors (Lipinski definition) is 3. The molecule has 10 heavy (non-hydrogen) atoms. The quantitative estimate of drug-likeness (QED) is 0.524. The third-order valence-corrected chi connectivity index (χ3v) is 1.32. The van der Waals surface area contributed by atoms with Crippen molar-refractivity contribution >= 4 is 20.6 Å². The first-order valence-electron chi connectivity index (χ1n) is 2.73. The molecule has 0 saturated carbocycles. The molecular formula is C5H9BrO4. The number of carbonyl (C=O) groups excluding carboxylic acids is 1. The summed E-state index contributed by atoms with van der Waals surface area (Å²) in [6, 6.07) is 0. The normalized spacial score (nSPS) is 16.4. The number of hydrogen-bond acceptors (Lipinski definition) is 4. The van der Waals surface area contributed by atoms with E-state index in [0.717, 1.165) is 0 Å². The molecular weight excluding hydrogens is 204 g/mol. The molecule has 0 amide bonds. The molecule has 60 valence electrons. The van der Waals surface area contributed by atoms with Gasteiger partial charge in [0.2, 0.25) is 0 Å². The maximum absolute atomic E-state index is 10.2. The first kappa shape index (κ1) is 10.0. The molecule has 0 rings (SSSR count). The van der Waals surface area contributed by atoms with Crippen LogP contribution in [0.15, 0.2) is 0 Å². The monoisotopic (exact) mass is 212 g/mol. The molecule has 0 radical (unpaired) electrons. The first-order chi connectivity index (χ1) is 4.57. The number of aliphatic hydroxyl groups is 3. The highest BCUT2D eigenvalue weighted by molar-refractivity contribution is 9.18. The lowest BCUT2D eigenvalue weighted by atomic mass is 10.2. The molecule has 0 aromatic carbocycles. The smallest absolute Gasteiger partial charge is 0.200 e. The minimum absolute atomic E-state index is 0.193. The van der Waals surface area contributed by atoms with Crippen molar-refractivity contribution in [2.45, 2.75) is 18.6 Å². The summed E-state index contributed by atoms with van der Waals surface area (Å²) in [7, 11) is 0. The van der Waals surface area contributed by atoms with E-state index in [2.05, 4.69) is 15.9 Å². The van der Waals surface area contributed by atoms with E-state index < -0.39 is 23.5 Å². The van der Waals surface area contributed by atoms with E-state index in [0.29, 0.717) is 0 Å². The molecule has 2 atom stereocenters. The van der Waals surface area contributed by atoms with E-state index in [4.69, 9.17) is 15.3 Å². The highest BCUT2D eigenvalue weighted by Crippen LogP contribution is 2.02. The van der Waals surface area contributed by atoms with Crippen molar-refractivity contribution < 1.29 is 20.1 Å². The van der Waals surface area contributed by atoms with Gasteiger partial charge in [0.1, 0.15) is 6.10 Å². The highest BCUT2D eigenvalue weighted by atomic mass is 79.9. The molecule has 0 aromatic heterocycles. The van der Waals surface area contributed by atoms with Crippen molar-refractivity contribution in [1.29, 1.82) is 0 Å². The Hall–Kier alpha value is 0.0300. The zero-order valence-electron chi connectivity index (χ0n) is 5.20. The third kappa shape index (κ3) is 3.94. The minimum Gasteiger partial charge on any atom is -0.394 e. The van der Waals surface area contributed by atoms with Gasteiger partial charge in [-0.1, -0.05) is 0 Å². The number of aliphatic hydroxyl groups excluding tert-OH is 3. The molecule has 0 aliphatic rings. The molecule has 0 fully saturated rings. The van der Waals surface area contributed by atoms with Gasteiger partial charge in [-0.05, 0) is 15.9 Å². The van der Waals surface area contributed by atoms with Crippen LogP contribution in [0.4, 0.5) is 0 Å². The molecule has 3 N–H and O–H groups in total. The first-order valence-corrected chi connectivity index (χ1v) is 3.52. The molecule has 0 bridgehead atoms. The number of rotatable bonds is 4. The third-order valence-electron chi connectivity index (χ3n) is 1.00. The van der Waals surface area contributed by atoms with Crippen LogP contribution in [0.3, 0.4) is 0 Å². The van der Waals surface area contributed by atoms with E-state index in [-0.39, 0.29) is 6.42 Å². The topological polar surface area (TPSA) is 77.8 Å².